The van der Waals surface area contributed by atoms with Crippen molar-refractivity contribution in [3.63, 3.8) is 0 Å². The molecule has 0 amide bonds. The summed E-state index contributed by atoms with van der Waals surface area (Å²) in [5, 5.41) is 10.2. The quantitative estimate of drug-likeness (QED) is 0.429. The molecule has 0 spiro atoms. The normalized spacial score (nSPS) is 11.2. The highest BCUT2D eigenvalue weighted by Crippen LogP contribution is 2.23. The van der Waals surface area contributed by atoms with E-state index in [1.165, 1.54) is 0 Å². The van der Waals surface area contributed by atoms with Crippen LogP contribution in [0.25, 0.3) is 5.65 Å². The molecule has 3 heterocycles. The summed E-state index contributed by atoms with van der Waals surface area (Å²) in [6.07, 6.45) is 4.04. The number of hydrogen-bond acceptors (Lipinski definition) is 5. The van der Waals surface area contributed by atoms with E-state index in [9.17, 15) is 0 Å². The Labute approximate surface area is 166 Å². The average molecular weight is 400 g/mol. The Hall–Kier alpha value is -2.51. The molecule has 0 unspecified atom stereocenters. The average Bonchev–Trinajstić information content (AvgIpc) is 3.28. The van der Waals surface area contributed by atoms with Gasteiger partial charge in [0.05, 0.1) is 5.69 Å². The summed E-state index contributed by atoms with van der Waals surface area (Å²) in [6.45, 7) is 3.21. The maximum absolute atomic E-state index is 5.90. The van der Waals surface area contributed by atoms with Gasteiger partial charge < -0.3 is 13.7 Å². The Morgan fingerprint density at radius 2 is 1.96 bits per heavy atom. The maximum atomic E-state index is 5.90. The van der Waals surface area contributed by atoms with E-state index >= 15 is 0 Å². The van der Waals surface area contributed by atoms with E-state index < -0.39 is 0 Å². The molecule has 138 valence electrons. The number of thioether (sulfide) groups is 1. The number of fused-ring (bicyclic) bond motifs is 1. The van der Waals surface area contributed by atoms with Gasteiger partial charge in [-0.2, -0.15) is 0 Å². The summed E-state index contributed by atoms with van der Waals surface area (Å²) in [7, 11) is 0. The molecule has 0 radical (unpaired) electrons. The molecule has 0 bridgehead atoms. The maximum Gasteiger partial charge on any atom is 0.191 e. The highest BCUT2D eigenvalue weighted by Gasteiger charge is 2.13. The minimum atomic E-state index is 0.359. The van der Waals surface area contributed by atoms with Gasteiger partial charge in [-0.1, -0.05) is 29.4 Å². The van der Waals surface area contributed by atoms with Crippen LogP contribution in [0.4, 0.5) is 0 Å². The molecule has 8 heteroatoms. The molecule has 0 aliphatic rings. The minimum absolute atomic E-state index is 0.359. The molecule has 6 nitrogen and oxygen atoms in total. The van der Waals surface area contributed by atoms with Crippen molar-refractivity contribution >= 4 is 29.0 Å². The number of hydrogen-bond donors (Lipinski definition) is 0. The lowest BCUT2D eigenvalue weighted by Gasteiger charge is -2.08. The van der Waals surface area contributed by atoms with Gasteiger partial charge in [0.2, 0.25) is 0 Å². The van der Waals surface area contributed by atoms with Crippen LogP contribution in [0.5, 0.6) is 5.75 Å². The third-order valence-electron chi connectivity index (χ3n) is 4.05. The predicted molar refractivity (Wildman–Crippen MR) is 106 cm³/mol. The van der Waals surface area contributed by atoms with Gasteiger partial charge in [0.1, 0.15) is 18.0 Å². The monoisotopic (exact) mass is 399 g/mol. The molecule has 0 saturated carbocycles. The van der Waals surface area contributed by atoms with Crippen molar-refractivity contribution in [1.29, 1.82) is 0 Å². The van der Waals surface area contributed by atoms with E-state index in [1.54, 1.807) is 23.9 Å². The van der Waals surface area contributed by atoms with E-state index in [4.69, 9.17) is 16.3 Å². The van der Waals surface area contributed by atoms with Crippen molar-refractivity contribution < 1.29 is 4.74 Å². The summed E-state index contributed by atoms with van der Waals surface area (Å²) >= 11 is 7.52. The van der Waals surface area contributed by atoms with Crippen LogP contribution in [0.3, 0.4) is 0 Å². The molecule has 0 aliphatic carbocycles. The first-order valence-electron chi connectivity index (χ1n) is 8.59. The Morgan fingerprint density at radius 3 is 2.74 bits per heavy atom. The van der Waals surface area contributed by atoms with Crippen LogP contribution in [0.2, 0.25) is 5.02 Å². The van der Waals surface area contributed by atoms with Gasteiger partial charge in [-0.05, 0) is 43.3 Å². The molecule has 0 aliphatic heterocycles. The molecule has 0 fully saturated rings. The number of rotatable bonds is 7. The molecule has 3 aromatic heterocycles. The molecule has 0 N–H and O–H groups in total. The lowest BCUT2D eigenvalue weighted by atomic mass is 10.3. The second kappa shape index (κ2) is 8.02. The van der Waals surface area contributed by atoms with Gasteiger partial charge in [-0.3, -0.25) is 0 Å². The van der Waals surface area contributed by atoms with Crippen molar-refractivity contribution in [3.05, 3.63) is 71.4 Å². The number of halogens is 1. The van der Waals surface area contributed by atoms with Crippen molar-refractivity contribution in [3.8, 4) is 5.75 Å². The lowest BCUT2D eigenvalue weighted by Crippen LogP contribution is -2.07. The fourth-order valence-electron chi connectivity index (χ4n) is 2.72. The van der Waals surface area contributed by atoms with Gasteiger partial charge in [-0.15, -0.1) is 10.2 Å². The second-order valence-electron chi connectivity index (χ2n) is 5.87. The molecule has 4 rings (SSSR count). The smallest absolute Gasteiger partial charge is 0.191 e. The summed E-state index contributed by atoms with van der Waals surface area (Å²) in [4.78, 5) is 4.62. The van der Waals surface area contributed by atoms with Gasteiger partial charge in [-0.25, -0.2) is 4.98 Å². The fraction of sp³-hybridized carbons (Fsp3) is 0.211. The van der Waals surface area contributed by atoms with Crippen molar-refractivity contribution in [2.75, 3.05) is 0 Å². The van der Waals surface area contributed by atoms with Gasteiger partial charge in [0.25, 0.3) is 0 Å². The zero-order valence-electron chi connectivity index (χ0n) is 14.7. The molecular formula is C19H18ClN5OS. The summed E-state index contributed by atoms with van der Waals surface area (Å²) < 4.78 is 9.88. The molecular weight excluding hydrogens is 382 g/mol. The van der Waals surface area contributed by atoms with E-state index in [0.29, 0.717) is 11.6 Å². The minimum Gasteiger partial charge on any atom is -0.486 e. The molecule has 0 saturated heterocycles. The Kier molecular flexibility index (Phi) is 5.31. The highest BCUT2D eigenvalue weighted by atomic mass is 35.5. The van der Waals surface area contributed by atoms with E-state index in [1.807, 2.05) is 47.1 Å². The Bertz CT molecular complexity index is 1010. The predicted octanol–water partition coefficient (Wildman–Crippen LogP) is 4.47. The summed E-state index contributed by atoms with van der Waals surface area (Å²) in [6, 6.07) is 13.3. The third kappa shape index (κ3) is 4.09. The van der Waals surface area contributed by atoms with E-state index in [2.05, 4.69) is 26.7 Å². The number of nitrogens with zero attached hydrogens (tertiary/aromatic N) is 5. The Balaban J connectivity index is 1.43. The standard InChI is InChI=1S/C19H18ClN5OS/c1-2-25-18(12-26-16-8-6-14(20)7-9-16)22-23-19(25)27-13-15-11-24-10-4-3-5-17(24)21-15/h3-11H,2,12-13H2,1H3. The lowest BCUT2D eigenvalue weighted by molar-refractivity contribution is 0.288. The number of pyridine rings is 1. The zero-order chi connectivity index (χ0) is 18.6. The first kappa shape index (κ1) is 17.9. The molecule has 27 heavy (non-hydrogen) atoms. The van der Waals surface area contributed by atoms with Gasteiger partial charge in [0, 0.05) is 29.7 Å². The largest absolute Gasteiger partial charge is 0.486 e. The highest BCUT2D eigenvalue weighted by molar-refractivity contribution is 7.98. The second-order valence-corrected chi connectivity index (χ2v) is 7.25. The van der Waals surface area contributed by atoms with Crippen LogP contribution in [0, 0.1) is 0 Å². The zero-order valence-corrected chi connectivity index (χ0v) is 16.3. The van der Waals surface area contributed by atoms with Gasteiger partial charge >= 0.3 is 0 Å². The van der Waals surface area contributed by atoms with Crippen molar-refractivity contribution in [1.82, 2.24) is 24.1 Å². The number of benzene rings is 1. The Morgan fingerprint density at radius 1 is 1.11 bits per heavy atom. The molecule has 0 atom stereocenters. The van der Waals surface area contributed by atoms with Crippen LogP contribution in [-0.2, 0) is 18.9 Å². The topological polar surface area (TPSA) is 57.2 Å². The fourth-order valence-corrected chi connectivity index (χ4v) is 3.76. The first-order valence-corrected chi connectivity index (χ1v) is 9.95. The van der Waals surface area contributed by atoms with Crippen LogP contribution < -0.4 is 4.74 Å². The SMILES string of the molecule is CCn1c(COc2ccc(Cl)cc2)nnc1SCc1cn2ccccc2n1. The van der Waals surface area contributed by atoms with Crippen LogP contribution >= 0.6 is 23.4 Å². The van der Waals surface area contributed by atoms with Gasteiger partial charge in [0.15, 0.2) is 11.0 Å². The number of aromatic nitrogens is 5. The van der Waals surface area contributed by atoms with Crippen LogP contribution in [-0.4, -0.2) is 24.1 Å². The van der Waals surface area contributed by atoms with Crippen LogP contribution in [0.15, 0.2) is 60.0 Å². The molecule has 4 aromatic rings. The first-order chi connectivity index (χ1) is 13.2. The molecule has 1 aromatic carbocycles. The summed E-state index contributed by atoms with van der Waals surface area (Å²) in [5.74, 6) is 2.28. The summed E-state index contributed by atoms with van der Waals surface area (Å²) in [5.41, 5.74) is 1.96. The van der Waals surface area contributed by atoms with E-state index in [-0.39, 0.29) is 0 Å². The van der Waals surface area contributed by atoms with Crippen molar-refractivity contribution in [2.45, 2.75) is 31.0 Å². The third-order valence-corrected chi connectivity index (χ3v) is 5.31. The van der Waals surface area contributed by atoms with E-state index in [0.717, 1.165) is 40.4 Å². The van der Waals surface area contributed by atoms with Crippen molar-refractivity contribution in [2.24, 2.45) is 0 Å². The van der Waals surface area contributed by atoms with Crippen LogP contribution in [0.1, 0.15) is 18.4 Å². The number of imidazole rings is 1. The number of ether oxygens (including phenoxy) is 1.